The lowest BCUT2D eigenvalue weighted by molar-refractivity contribution is -0.131. The molecule has 3 N–H and O–H groups in total. The number of ether oxygens (including phenoxy) is 2. The van der Waals surface area contributed by atoms with Gasteiger partial charge < -0.3 is 20.5 Å². The zero-order valence-electron chi connectivity index (χ0n) is 14.2. The van der Waals surface area contributed by atoms with E-state index in [0.717, 1.165) is 4.90 Å². The molecule has 0 saturated carbocycles. The van der Waals surface area contributed by atoms with Crippen LogP contribution in [0.1, 0.15) is 27.2 Å². The average Bonchev–Trinajstić information content (AvgIpc) is 2.88. The number of carbonyl (C=O) groups excluding carboxylic acids is 3. The number of primary amides is 1. The summed E-state index contributed by atoms with van der Waals surface area (Å²) in [5.41, 5.74) is 3.68. The van der Waals surface area contributed by atoms with Crippen molar-refractivity contribution in [2.45, 2.75) is 44.4 Å². The molecule has 2 aliphatic heterocycles. The quantitative estimate of drug-likeness (QED) is 0.768. The van der Waals surface area contributed by atoms with Crippen LogP contribution in [0.15, 0.2) is 18.3 Å². The van der Waals surface area contributed by atoms with Crippen LogP contribution in [0, 0.1) is 0 Å². The lowest BCUT2D eigenvalue weighted by Gasteiger charge is -2.33. The second-order valence-corrected chi connectivity index (χ2v) is 7.14. The standard InChI is InChI=1S/C16H20N4O5/c1-15(2,3)25-14(23)20-8-16(7-10(20)11(17)21)13(22)19-9-5-4-6-18-12(9)24-16/h4-6,10H,7-8H2,1-3H3,(H2,17,21)(H,19,22)/t10-,16-/m0/s1. The number of nitrogens with zero attached hydrogens (tertiary/aromatic N) is 2. The van der Waals surface area contributed by atoms with Crippen molar-refractivity contribution in [3.05, 3.63) is 18.3 Å². The lowest BCUT2D eigenvalue weighted by Crippen LogP contribution is -2.53. The summed E-state index contributed by atoms with van der Waals surface area (Å²) < 4.78 is 11.1. The first-order chi connectivity index (χ1) is 11.6. The number of nitrogens with one attached hydrogen (secondary N) is 1. The molecule has 134 valence electrons. The van der Waals surface area contributed by atoms with E-state index in [1.54, 1.807) is 32.9 Å². The van der Waals surface area contributed by atoms with Crippen LogP contribution in [-0.4, -0.2) is 51.6 Å². The molecule has 1 fully saturated rings. The molecule has 2 aliphatic rings. The van der Waals surface area contributed by atoms with E-state index in [4.69, 9.17) is 15.2 Å². The number of anilines is 1. The largest absolute Gasteiger partial charge is 0.457 e. The molecule has 1 aromatic heterocycles. The molecular formula is C16H20N4O5. The summed E-state index contributed by atoms with van der Waals surface area (Å²) in [7, 11) is 0. The summed E-state index contributed by atoms with van der Waals surface area (Å²) in [4.78, 5) is 42.1. The first-order valence-electron chi connectivity index (χ1n) is 7.86. The van der Waals surface area contributed by atoms with Gasteiger partial charge in [0.2, 0.25) is 17.4 Å². The molecule has 3 rings (SSSR count). The Labute approximate surface area is 144 Å². The van der Waals surface area contributed by atoms with Gasteiger partial charge in [0, 0.05) is 12.6 Å². The summed E-state index contributed by atoms with van der Waals surface area (Å²) in [6.45, 7) is 4.97. The molecule has 25 heavy (non-hydrogen) atoms. The molecule has 3 heterocycles. The predicted octanol–water partition coefficient (Wildman–Crippen LogP) is 0.646. The number of hydrogen-bond acceptors (Lipinski definition) is 6. The van der Waals surface area contributed by atoms with Gasteiger partial charge >= 0.3 is 6.09 Å². The summed E-state index contributed by atoms with van der Waals surface area (Å²) >= 11 is 0. The Bertz CT molecular complexity index is 744. The topological polar surface area (TPSA) is 124 Å². The number of fused-ring (bicyclic) bond motifs is 1. The monoisotopic (exact) mass is 348 g/mol. The van der Waals surface area contributed by atoms with Gasteiger partial charge in [0.05, 0.1) is 6.54 Å². The highest BCUT2D eigenvalue weighted by Crippen LogP contribution is 2.39. The number of rotatable bonds is 1. The smallest absolute Gasteiger partial charge is 0.411 e. The predicted molar refractivity (Wildman–Crippen MR) is 86.8 cm³/mol. The van der Waals surface area contributed by atoms with E-state index in [-0.39, 0.29) is 18.8 Å². The van der Waals surface area contributed by atoms with Crippen LogP contribution in [0.25, 0.3) is 0 Å². The number of aromatic nitrogens is 1. The van der Waals surface area contributed by atoms with Crippen LogP contribution < -0.4 is 15.8 Å². The van der Waals surface area contributed by atoms with Crippen LogP contribution >= 0.6 is 0 Å². The summed E-state index contributed by atoms with van der Waals surface area (Å²) in [5, 5.41) is 2.70. The number of carbonyl (C=O) groups is 3. The van der Waals surface area contributed by atoms with Crippen molar-refractivity contribution < 1.29 is 23.9 Å². The van der Waals surface area contributed by atoms with Gasteiger partial charge in [0.15, 0.2) is 0 Å². The Kier molecular flexibility index (Phi) is 3.81. The number of amides is 3. The van der Waals surface area contributed by atoms with Crippen molar-refractivity contribution in [3.8, 4) is 5.88 Å². The molecule has 0 aliphatic carbocycles. The highest BCUT2D eigenvalue weighted by atomic mass is 16.6. The SMILES string of the molecule is CC(C)(C)OC(=O)N1C[C@]2(C[C@H]1C(N)=O)Oc1ncccc1NC2=O. The molecule has 9 nitrogen and oxygen atoms in total. The van der Waals surface area contributed by atoms with Crippen molar-refractivity contribution in [1.29, 1.82) is 0 Å². The zero-order chi connectivity index (χ0) is 18.4. The van der Waals surface area contributed by atoms with E-state index in [2.05, 4.69) is 10.3 Å². The van der Waals surface area contributed by atoms with E-state index in [1.165, 1.54) is 6.20 Å². The molecule has 2 atom stereocenters. The Morgan fingerprint density at radius 2 is 2.20 bits per heavy atom. The van der Waals surface area contributed by atoms with Gasteiger partial charge in [-0.3, -0.25) is 14.5 Å². The molecule has 3 amide bonds. The van der Waals surface area contributed by atoms with Crippen molar-refractivity contribution >= 4 is 23.6 Å². The third-order valence-corrected chi connectivity index (χ3v) is 4.01. The first kappa shape index (κ1) is 17.0. The normalized spacial score (nSPS) is 25.2. The lowest BCUT2D eigenvalue weighted by atomic mass is 9.97. The van der Waals surface area contributed by atoms with Gasteiger partial charge in [-0.05, 0) is 32.9 Å². The van der Waals surface area contributed by atoms with Gasteiger partial charge in [0.25, 0.3) is 5.91 Å². The van der Waals surface area contributed by atoms with Gasteiger partial charge in [-0.1, -0.05) is 0 Å². The Hall–Kier alpha value is -2.84. The van der Waals surface area contributed by atoms with E-state index >= 15 is 0 Å². The Morgan fingerprint density at radius 1 is 1.48 bits per heavy atom. The molecule has 0 unspecified atom stereocenters. The Balaban J connectivity index is 1.91. The summed E-state index contributed by atoms with van der Waals surface area (Å²) in [6.07, 6.45) is 0.732. The molecular weight excluding hydrogens is 328 g/mol. The van der Waals surface area contributed by atoms with Crippen molar-refractivity contribution in [2.75, 3.05) is 11.9 Å². The van der Waals surface area contributed by atoms with Crippen LogP contribution in [-0.2, 0) is 14.3 Å². The second kappa shape index (κ2) is 5.61. The number of likely N-dealkylation sites (tertiary alicyclic amines) is 1. The van der Waals surface area contributed by atoms with Crippen LogP contribution in [0.3, 0.4) is 0 Å². The van der Waals surface area contributed by atoms with Gasteiger partial charge in [-0.15, -0.1) is 0 Å². The minimum atomic E-state index is -1.43. The average molecular weight is 348 g/mol. The minimum Gasteiger partial charge on any atom is -0.457 e. The molecule has 9 heteroatoms. The highest BCUT2D eigenvalue weighted by molar-refractivity contribution is 6.02. The maximum Gasteiger partial charge on any atom is 0.411 e. The highest BCUT2D eigenvalue weighted by Gasteiger charge is 2.57. The van der Waals surface area contributed by atoms with E-state index in [9.17, 15) is 14.4 Å². The zero-order valence-corrected chi connectivity index (χ0v) is 14.2. The van der Waals surface area contributed by atoms with Crippen molar-refractivity contribution in [2.24, 2.45) is 5.73 Å². The fraction of sp³-hybridized carbons (Fsp3) is 0.500. The number of nitrogens with two attached hydrogens (primary N) is 1. The molecule has 0 bridgehead atoms. The number of pyridine rings is 1. The maximum absolute atomic E-state index is 12.6. The van der Waals surface area contributed by atoms with E-state index in [0.29, 0.717) is 5.69 Å². The molecule has 0 radical (unpaired) electrons. The molecule has 1 saturated heterocycles. The second-order valence-electron chi connectivity index (χ2n) is 7.14. The Morgan fingerprint density at radius 3 is 2.84 bits per heavy atom. The molecule has 1 spiro atoms. The van der Waals surface area contributed by atoms with Gasteiger partial charge in [-0.25, -0.2) is 9.78 Å². The minimum absolute atomic E-state index is 0.0660. The fourth-order valence-corrected chi connectivity index (χ4v) is 2.91. The van der Waals surface area contributed by atoms with Gasteiger partial charge in [-0.2, -0.15) is 0 Å². The van der Waals surface area contributed by atoms with Gasteiger partial charge in [0.1, 0.15) is 17.3 Å². The summed E-state index contributed by atoms with van der Waals surface area (Å²) in [5.74, 6) is -0.951. The third kappa shape index (κ3) is 3.09. The van der Waals surface area contributed by atoms with E-state index in [1.807, 2.05) is 0 Å². The van der Waals surface area contributed by atoms with Crippen LogP contribution in [0.4, 0.5) is 10.5 Å². The summed E-state index contributed by atoms with van der Waals surface area (Å²) in [6, 6.07) is 2.30. The third-order valence-electron chi connectivity index (χ3n) is 4.01. The van der Waals surface area contributed by atoms with Crippen LogP contribution in [0.2, 0.25) is 0 Å². The van der Waals surface area contributed by atoms with E-state index < -0.39 is 35.2 Å². The number of hydrogen-bond donors (Lipinski definition) is 2. The van der Waals surface area contributed by atoms with Crippen molar-refractivity contribution in [3.63, 3.8) is 0 Å². The first-order valence-corrected chi connectivity index (χ1v) is 7.86. The molecule has 0 aromatic carbocycles. The maximum atomic E-state index is 12.6. The van der Waals surface area contributed by atoms with Crippen LogP contribution in [0.5, 0.6) is 5.88 Å². The van der Waals surface area contributed by atoms with Crippen molar-refractivity contribution in [1.82, 2.24) is 9.88 Å². The molecule has 1 aromatic rings. The fourth-order valence-electron chi connectivity index (χ4n) is 2.91.